The van der Waals surface area contributed by atoms with E-state index >= 15 is 0 Å². The molecule has 20 heavy (non-hydrogen) atoms. The Morgan fingerprint density at radius 3 is 2.90 bits per heavy atom. The van der Waals surface area contributed by atoms with Gasteiger partial charge in [-0.25, -0.2) is 0 Å². The van der Waals surface area contributed by atoms with Crippen molar-refractivity contribution in [2.45, 2.75) is 6.54 Å². The summed E-state index contributed by atoms with van der Waals surface area (Å²) in [5.74, 6) is 0.810. The first kappa shape index (κ1) is 12.3. The van der Waals surface area contributed by atoms with Crippen molar-refractivity contribution < 1.29 is 9.21 Å². The van der Waals surface area contributed by atoms with Crippen LogP contribution in [0.1, 0.15) is 11.3 Å². The van der Waals surface area contributed by atoms with Crippen molar-refractivity contribution in [3.05, 3.63) is 47.9 Å². The fourth-order valence-electron chi connectivity index (χ4n) is 2.35. The summed E-state index contributed by atoms with van der Waals surface area (Å²) in [6.45, 7) is 0.785. The molecular weight excluding hydrogens is 254 g/mol. The van der Waals surface area contributed by atoms with Gasteiger partial charge < -0.3 is 14.2 Å². The van der Waals surface area contributed by atoms with Crippen molar-refractivity contribution in [3.8, 4) is 6.07 Å². The van der Waals surface area contributed by atoms with Crippen LogP contribution in [0.5, 0.6) is 0 Å². The van der Waals surface area contributed by atoms with Gasteiger partial charge in [0.2, 0.25) is 5.91 Å². The third-order valence-corrected chi connectivity index (χ3v) is 3.43. The molecule has 2 heterocycles. The van der Waals surface area contributed by atoms with Gasteiger partial charge in [-0.15, -0.1) is 0 Å². The highest BCUT2D eigenvalue weighted by Gasteiger charge is 2.27. The summed E-state index contributed by atoms with van der Waals surface area (Å²) in [6, 6.07) is 11.2. The molecule has 1 aromatic carbocycles. The molecule has 5 nitrogen and oxygen atoms in total. The van der Waals surface area contributed by atoms with Crippen LogP contribution in [0.3, 0.4) is 0 Å². The lowest BCUT2D eigenvalue weighted by atomic mass is 10.1. The van der Waals surface area contributed by atoms with E-state index in [2.05, 4.69) is 6.07 Å². The van der Waals surface area contributed by atoms with E-state index in [-0.39, 0.29) is 12.5 Å². The minimum atomic E-state index is 0.0220. The van der Waals surface area contributed by atoms with E-state index in [1.165, 1.54) is 0 Å². The SMILES string of the molecule is CN1C(=O)CN(Cc2ccco2)c2cc(C#N)ccc21. The molecule has 1 aliphatic rings. The first-order valence-corrected chi connectivity index (χ1v) is 6.27. The van der Waals surface area contributed by atoms with Crippen molar-refractivity contribution in [2.75, 3.05) is 23.4 Å². The molecule has 5 heteroatoms. The maximum absolute atomic E-state index is 12.0. The third kappa shape index (κ3) is 2.01. The van der Waals surface area contributed by atoms with Crippen LogP contribution in [-0.4, -0.2) is 19.5 Å². The summed E-state index contributed by atoms with van der Waals surface area (Å²) < 4.78 is 5.34. The van der Waals surface area contributed by atoms with Gasteiger partial charge in [0.15, 0.2) is 0 Å². The van der Waals surface area contributed by atoms with E-state index in [1.54, 1.807) is 36.4 Å². The van der Waals surface area contributed by atoms with Gasteiger partial charge in [0.05, 0.1) is 42.4 Å². The molecule has 0 bridgehead atoms. The van der Waals surface area contributed by atoms with Gasteiger partial charge in [-0.05, 0) is 30.3 Å². The molecule has 1 amide bonds. The lowest BCUT2D eigenvalue weighted by Crippen LogP contribution is -2.43. The molecule has 0 saturated carbocycles. The molecule has 0 atom stereocenters. The zero-order valence-electron chi connectivity index (χ0n) is 11.0. The van der Waals surface area contributed by atoms with Crippen molar-refractivity contribution in [1.29, 1.82) is 5.26 Å². The second-order valence-electron chi connectivity index (χ2n) is 4.70. The number of fused-ring (bicyclic) bond motifs is 1. The quantitative estimate of drug-likeness (QED) is 0.836. The number of nitrogens with zero attached hydrogens (tertiary/aromatic N) is 3. The van der Waals surface area contributed by atoms with Crippen LogP contribution in [0.4, 0.5) is 11.4 Å². The molecule has 0 saturated heterocycles. The molecule has 1 aliphatic heterocycles. The van der Waals surface area contributed by atoms with Crippen molar-refractivity contribution in [2.24, 2.45) is 0 Å². The number of benzene rings is 1. The van der Waals surface area contributed by atoms with Crippen LogP contribution in [0.25, 0.3) is 0 Å². The predicted octanol–water partition coefficient (Wildman–Crippen LogP) is 2.13. The highest BCUT2D eigenvalue weighted by atomic mass is 16.3. The zero-order chi connectivity index (χ0) is 14.1. The molecule has 0 N–H and O–H groups in total. The van der Waals surface area contributed by atoms with Crippen LogP contribution in [0, 0.1) is 11.3 Å². The van der Waals surface area contributed by atoms with Gasteiger partial charge in [-0.2, -0.15) is 5.26 Å². The first-order valence-electron chi connectivity index (χ1n) is 6.27. The van der Waals surface area contributed by atoms with Crippen molar-refractivity contribution >= 4 is 17.3 Å². The second kappa shape index (κ2) is 4.74. The van der Waals surface area contributed by atoms with E-state index in [1.807, 2.05) is 17.0 Å². The summed E-state index contributed by atoms with van der Waals surface area (Å²) in [5, 5.41) is 9.03. The fraction of sp³-hybridized carbons (Fsp3) is 0.200. The third-order valence-electron chi connectivity index (χ3n) is 3.43. The maximum atomic E-state index is 12.0. The van der Waals surface area contributed by atoms with E-state index in [9.17, 15) is 4.79 Å². The smallest absolute Gasteiger partial charge is 0.246 e. The van der Waals surface area contributed by atoms with Crippen LogP contribution in [-0.2, 0) is 11.3 Å². The number of rotatable bonds is 2. The minimum absolute atomic E-state index is 0.0220. The number of hydrogen-bond acceptors (Lipinski definition) is 4. The van der Waals surface area contributed by atoms with Gasteiger partial charge in [0, 0.05) is 7.05 Å². The van der Waals surface area contributed by atoms with Crippen LogP contribution < -0.4 is 9.80 Å². The largest absolute Gasteiger partial charge is 0.467 e. The summed E-state index contributed by atoms with van der Waals surface area (Å²) in [5.41, 5.74) is 2.27. The fourth-order valence-corrected chi connectivity index (χ4v) is 2.35. The van der Waals surface area contributed by atoms with Gasteiger partial charge in [-0.3, -0.25) is 4.79 Å². The average Bonchev–Trinajstić information content (AvgIpc) is 2.97. The number of furan rings is 1. The van der Waals surface area contributed by atoms with Crippen LogP contribution in [0.15, 0.2) is 41.0 Å². The average molecular weight is 267 g/mol. The summed E-state index contributed by atoms with van der Waals surface area (Å²) in [7, 11) is 1.75. The number of likely N-dealkylation sites (N-methyl/N-ethyl adjacent to an activating group) is 1. The number of anilines is 2. The predicted molar refractivity (Wildman–Crippen MR) is 74.3 cm³/mol. The van der Waals surface area contributed by atoms with Crippen molar-refractivity contribution in [1.82, 2.24) is 0 Å². The molecule has 3 rings (SSSR count). The highest BCUT2D eigenvalue weighted by molar-refractivity contribution is 6.02. The van der Waals surface area contributed by atoms with Crippen molar-refractivity contribution in [3.63, 3.8) is 0 Å². The second-order valence-corrected chi connectivity index (χ2v) is 4.70. The Bertz CT molecular complexity index is 686. The lowest BCUT2D eigenvalue weighted by molar-refractivity contribution is -0.117. The van der Waals surface area contributed by atoms with E-state index in [4.69, 9.17) is 9.68 Å². The zero-order valence-corrected chi connectivity index (χ0v) is 11.0. The van der Waals surface area contributed by atoms with Gasteiger partial charge in [-0.1, -0.05) is 0 Å². The Hall–Kier alpha value is -2.74. The maximum Gasteiger partial charge on any atom is 0.246 e. The Labute approximate surface area is 116 Å². The molecule has 0 radical (unpaired) electrons. The molecule has 1 aromatic heterocycles. The first-order chi connectivity index (χ1) is 9.69. The Balaban J connectivity index is 2.02. The standard InChI is InChI=1S/C15H13N3O2/c1-17-13-5-4-11(8-16)7-14(13)18(10-15(17)19)9-12-3-2-6-20-12/h2-7H,9-10H2,1H3. The number of amides is 1. The number of hydrogen-bond donors (Lipinski definition) is 0. The molecule has 0 spiro atoms. The molecule has 0 fully saturated rings. The Morgan fingerprint density at radius 2 is 2.20 bits per heavy atom. The highest BCUT2D eigenvalue weighted by Crippen LogP contribution is 2.34. The lowest BCUT2D eigenvalue weighted by Gasteiger charge is -2.35. The monoisotopic (exact) mass is 267 g/mol. The number of carbonyl (C=O) groups is 1. The van der Waals surface area contributed by atoms with E-state index in [0.717, 1.165) is 17.1 Å². The number of carbonyl (C=O) groups excluding carboxylic acids is 1. The Kier molecular flexibility index (Phi) is 2.92. The summed E-state index contributed by atoms with van der Waals surface area (Å²) in [4.78, 5) is 15.6. The topological polar surface area (TPSA) is 60.5 Å². The van der Waals surface area contributed by atoms with Crippen LogP contribution >= 0.6 is 0 Å². The van der Waals surface area contributed by atoms with Gasteiger partial charge in [0.25, 0.3) is 0 Å². The van der Waals surface area contributed by atoms with E-state index < -0.39 is 0 Å². The summed E-state index contributed by atoms with van der Waals surface area (Å²) in [6.07, 6.45) is 1.61. The van der Waals surface area contributed by atoms with Gasteiger partial charge in [0.1, 0.15) is 5.76 Å². The summed E-state index contributed by atoms with van der Waals surface area (Å²) >= 11 is 0. The molecule has 2 aromatic rings. The molecule has 100 valence electrons. The van der Waals surface area contributed by atoms with Gasteiger partial charge >= 0.3 is 0 Å². The number of nitriles is 1. The normalized spacial score (nSPS) is 14.1. The minimum Gasteiger partial charge on any atom is -0.467 e. The molecule has 0 aliphatic carbocycles. The van der Waals surface area contributed by atoms with E-state index in [0.29, 0.717) is 12.1 Å². The molecular formula is C15H13N3O2. The molecule has 0 unspecified atom stereocenters. The van der Waals surface area contributed by atoms with Crippen LogP contribution in [0.2, 0.25) is 0 Å². The Morgan fingerprint density at radius 1 is 1.35 bits per heavy atom.